The minimum Gasteiger partial charge on any atom is -0.467 e. The van der Waals surface area contributed by atoms with Crippen molar-refractivity contribution >= 4 is 37.4 Å². The van der Waals surface area contributed by atoms with E-state index in [-0.39, 0.29) is 12.2 Å². The van der Waals surface area contributed by atoms with Gasteiger partial charge in [0.05, 0.1) is 4.88 Å². The van der Waals surface area contributed by atoms with E-state index >= 15 is 0 Å². The molecule has 0 radical (unpaired) electrons. The zero-order chi connectivity index (χ0) is 21.2. The first kappa shape index (κ1) is 20.3. The molecule has 0 saturated heterocycles. The summed E-state index contributed by atoms with van der Waals surface area (Å²) in [5.74, 6) is 3.77. The first-order valence-corrected chi connectivity index (χ1v) is 13.1. The first-order valence-electron chi connectivity index (χ1n) is 11.5. The third-order valence-corrected chi connectivity index (χ3v) is 10.2. The summed E-state index contributed by atoms with van der Waals surface area (Å²) in [6.07, 6.45) is 8.35. The van der Waals surface area contributed by atoms with Gasteiger partial charge in [0, 0.05) is 32.8 Å². The van der Waals surface area contributed by atoms with E-state index in [0.717, 1.165) is 23.5 Å². The van der Waals surface area contributed by atoms with Crippen molar-refractivity contribution in [3.05, 3.63) is 52.0 Å². The van der Waals surface area contributed by atoms with Crippen molar-refractivity contribution in [2.45, 2.75) is 50.9 Å². The van der Waals surface area contributed by atoms with Crippen LogP contribution in [0.5, 0.6) is 5.75 Å². The van der Waals surface area contributed by atoms with Gasteiger partial charge >= 0.3 is 0 Å². The summed E-state index contributed by atoms with van der Waals surface area (Å²) < 4.78 is 14.3. The van der Waals surface area contributed by atoms with Crippen molar-refractivity contribution in [2.75, 3.05) is 13.9 Å². The number of rotatable bonds is 5. The van der Waals surface area contributed by atoms with Gasteiger partial charge in [0.25, 0.3) is 0 Å². The summed E-state index contributed by atoms with van der Waals surface area (Å²) in [7, 11) is 1.72. The molecule has 4 aliphatic rings. The molecule has 4 bridgehead atoms. The van der Waals surface area contributed by atoms with Crippen LogP contribution in [0.15, 0.2) is 40.9 Å². The van der Waals surface area contributed by atoms with Crippen molar-refractivity contribution < 1.29 is 9.47 Å². The normalized spacial score (nSPS) is 29.1. The lowest BCUT2D eigenvalue weighted by Gasteiger charge is -2.57. The molecule has 4 fully saturated rings. The number of halogens is 1. The lowest BCUT2D eigenvalue weighted by Crippen LogP contribution is -2.48. The van der Waals surface area contributed by atoms with E-state index in [0.29, 0.717) is 0 Å². The maximum Gasteiger partial charge on any atom is 0.188 e. The second-order valence-electron chi connectivity index (χ2n) is 10.2. The summed E-state index contributed by atoms with van der Waals surface area (Å²) in [5, 5.41) is 1.28. The van der Waals surface area contributed by atoms with Crippen LogP contribution in [0.3, 0.4) is 0 Å². The Kier molecular flexibility index (Phi) is 4.97. The number of benzene rings is 2. The second-order valence-corrected chi connectivity index (χ2v) is 12.0. The van der Waals surface area contributed by atoms with Gasteiger partial charge in [-0.2, -0.15) is 0 Å². The van der Waals surface area contributed by atoms with Crippen LogP contribution < -0.4 is 4.74 Å². The van der Waals surface area contributed by atoms with Gasteiger partial charge in [-0.1, -0.05) is 24.3 Å². The van der Waals surface area contributed by atoms with Crippen LogP contribution in [0.4, 0.5) is 0 Å². The standard InChI is InChI=1S/C27H29BrO2S/c1-16-7-21(26-24(28)20-5-3-4-6-23(20)31-26)25(30-15-29-2)22(8-16)27-12-17-9-18(13-27)11-19(10-17)14-27/h3-8,17-19H,9-15H2,1-2H3. The Morgan fingerprint density at radius 3 is 2.35 bits per heavy atom. The lowest BCUT2D eigenvalue weighted by molar-refractivity contribution is -0.00877. The Labute approximate surface area is 197 Å². The molecule has 2 nitrogen and oxygen atoms in total. The second kappa shape index (κ2) is 7.60. The van der Waals surface area contributed by atoms with Crippen molar-refractivity contribution in [1.29, 1.82) is 0 Å². The minimum absolute atomic E-state index is 0.280. The SMILES string of the molecule is COCOc1c(-c2sc3ccccc3c2Br)cc(C)cc1C12CC3CC(CC(C3)C1)C2. The lowest BCUT2D eigenvalue weighted by atomic mass is 9.48. The Balaban J connectivity index is 1.56. The zero-order valence-electron chi connectivity index (χ0n) is 18.2. The monoisotopic (exact) mass is 496 g/mol. The van der Waals surface area contributed by atoms with E-state index in [2.05, 4.69) is 59.3 Å². The maximum atomic E-state index is 6.43. The summed E-state index contributed by atoms with van der Waals surface area (Å²) >= 11 is 5.78. The Hall–Kier alpha value is -1.36. The molecule has 1 heterocycles. The predicted molar refractivity (Wildman–Crippen MR) is 132 cm³/mol. The average Bonchev–Trinajstić information content (AvgIpc) is 3.08. The first-order chi connectivity index (χ1) is 15.1. The van der Waals surface area contributed by atoms with Crippen molar-refractivity contribution in [2.24, 2.45) is 17.8 Å². The molecule has 7 rings (SSSR count). The van der Waals surface area contributed by atoms with E-state index in [1.807, 2.05) is 11.3 Å². The molecule has 2 aromatic carbocycles. The molecule has 3 aromatic rings. The highest BCUT2D eigenvalue weighted by molar-refractivity contribution is 9.10. The van der Waals surface area contributed by atoms with E-state index in [4.69, 9.17) is 9.47 Å². The Morgan fingerprint density at radius 1 is 1.03 bits per heavy atom. The number of ether oxygens (including phenoxy) is 2. The van der Waals surface area contributed by atoms with E-state index < -0.39 is 0 Å². The fourth-order valence-electron chi connectivity index (χ4n) is 7.24. The molecule has 0 unspecified atom stereocenters. The third-order valence-electron chi connectivity index (χ3n) is 7.94. The molecule has 1 aromatic heterocycles. The van der Waals surface area contributed by atoms with Crippen molar-refractivity contribution in [1.82, 2.24) is 0 Å². The number of aryl methyl sites for hydroxylation is 1. The van der Waals surface area contributed by atoms with Crippen molar-refractivity contribution in [3.8, 4) is 16.2 Å². The third kappa shape index (κ3) is 3.29. The highest BCUT2D eigenvalue weighted by atomic mass is 79.9. The summed E-state index contributed by atoms with van der Waals surface area (Å²) in [4.78, 5) is 1.27. The molecule has 0 N–H and O–H groups in total. The van der Waals surface area contributed by atoms with E-state index in [1.54, 1.807) is 7.11 Å². The number of methoxy groups -OCH3 is 1. The fourth-order valence-corrected chi connectivity index (χ4v) is 9.28. The summed E-state index contributed by atoms with van der Waals surface area (Å²) in [6, 6.07) is 13.4. The molecular formula is C27H29BrO2S. The average molecular weight is 497 g/mol. The minimum atomic E-state index is 0.280. The Bertz CT molecular complexity index is 1110. The highest BCUT2D eigenvalue weighted by Crippen LogP contribution is 2.63. The quantitative estimate of drug-likeness (QED) is 0.332. The molecule has 0 spiro atoms. The zero-order valence-corrected chi connectivity index (χ0v) is 20.7. The van der Waals surface area contributed by atoms with Crippen LogP contribution in [-0.2, 0) is 10.2 Å². The summed E-state index contributed by atoms with van der Waals surface area (Å²) in [6.45, 7) is 2.53. The number of hydrogen-bond acceptors (Lipinski definition) is 3. The van der Waals surface area contributed by atoms with Gasteiger partial charge in [-0.05, 0) is 102 Å². The van der Waals surface area contributed by atoms with Gasteiger partial charge in [0.2, 0.25) is 0 Å². The largest absolute Gasteiger partial charge is 0.467 e. The van der Waals surface area contributed by atoms with Crippen LogP contribution in [0.2, 0.25) is 0 Å². The van der Waals surface area contributed by atoms with Gasteiger partial charge < -0.3 is 9.47 Å². The van der Waals surface area contributed by atoms with Gasteiger partial charge in [0.15, 0.2) is 6.79 Å². The number of hydrogen-bond donors (Lipinski definition) is 0. The smallest absolute Gasteiger partial charge is 0.188 e. The molecule has 4 heteroatoms. The topological polar surface area (TPSA) is 18.5 Å². The van der Waals surface area contributed by atoms with Crippen LogP contribution in [-0.4, -0.2) is 13.9 Å². The van der Waals surface area contributed by atoms with Crippen molar-refractivity contribution in [3.63, 3.8) is 0 Å². The molecular weight excluding hydrogens is 468 g/mol. The van der Waals surface area contributed by atoms with Crippen LogP contribution in [0, 0.1) is 24.7 Å². The molecule has 162 valence electrons. The molecule has 4 saturated carbocycles. The maximum absolute atomic E-state index is 6.43. The summed E-state index contributed by atoms with van der Waals surface area (Å²) in [5.41, 5.74) is 4.27. The van der Waals surface area contributed by atoms with Crippen LogP contribution >= 0.6 is 27.3 Å². The van der Waals surface area contributed by atoms with Gasteiger partial charge in [-0.25, -0.2) is 0 Å². The molecule has 31 heavy (non-hydrogen) atoms. The van der Waals surface area contributed by atoms with E-state index in [9.17, 15) is 0 Å². The van der Waals surface area contributed by atoms with Gasteiger partial charge in [0.1, 0.15) is 5.75 Å². The molecule has 0 aliphatic heterocycles. The Morgan fingerprint density at radius 2 is 1.71 bits per heavy atom. The van der Waals surface area contributed by atoms with Crippen LogP contribution in [0.25, 0.3) is 20.5 Å². The molecule has 4 aliphatic carbocycles. The number of thiophene rings is 1. The van der Waals surface area contributed by atoms with Gasteiger partial charge in [-0.15, -0.1) is 11.3 Å². The predicted octanol–water partition coefficient (Wildman–Crippen LogP) is 8.09. The van der Waals surface area contributed by atoms with Gasteiger partial charge in [-0.3, -0.25) is 0 Å². The molecule has 0 amide bonds. The number of fused-ring (bicyclic) bond motifs is 1. The molecule has 0 atom stereocenters. The fraction of sp³-hybridized carbons (Fsp3) is 0.481. The highest BCUT2D eigenvalue weighted by Gasteiger charge is 2.52. The van der Waals surface area contributed by atoms with E-state index in [1.165, 1.54) is 74.7 Å². The van der Waals surface area contributed by atoms with Crippen LogP contribution in [0.1, 0.15) is 49.7 Å².